The van der Waals surface area contributed by atoms with Crippen molar-refractivity contribution in [2.45, 2.75) is 33.2 Å². The number of aromatic nitrogens is 1. The van der Waals surface area contributed by atoms with Gasteiger partial charge in [-0.1, -0.05) is 6.07 Å². The highest BCUT2D eigenvalue weighted by molar-refractivity contribution is 5.74. The van der Waals surface area contributed by atoms with Gasteiger partial charge >= 0.3 is 5.97 Å². The van der Waals surface area contributed by atoms with Crippen LogP contribution in [0, 0.1) is 11.3 Å². The molecule has 0 saturated carbocycles. The highest BCUT2D eigenvalue weighted by Gasteiger charge is 2.39. The topological polar surface area (TPSA) is 62.7 Å². The van der Waals surface area contributed by atoms with Crippen LogP contribution in [0.4, 0.5) is 0 Å². The number of nitrogens with zero attached hydrogens (tertiary/aromatic N) is 2. The fraction of sp³-hybridized carbons (Fsp3) is 0.625. The number of aliphatic carboxylic acids is 1. The Morgan fingerprint density at radius 3 is 3.00 bits per heavy atom. The van der Waals surface area contributed by atoms with Gasteiger partial charge < -0.3 is 9.84 Å². The maximum absolute atomic E-state index is 11.4. The van der Waals surface area contributed by atoms with Gasteiger partial charge in [-0.15, -0.1) is 0 Å². The van der Waals surface area contributed by atoms with E-state index in [9.17, 15) is 9.90 Å². The van der Waals surface area contributed by atoms with E-state index in [0.717, 1.165) is 38.0 Å². The Hall–Kier alpha value is -1.62. The van der Waals surface area contributed by atoms with E-state index >= 15 is 0 Å². The molecule has 0 radical (unpaired) electrons. The lowest BCUT2D eigenvalue weighted by molar-refractivity contribution is -0.151. The Balaban J connectivity index is 2.06. The van der Waals surface area contributed by atoms with Crippen LogP contribution in [0.3, 0.4) is 0 Å². The zero-order chi connectivity index (χ0) is 15.5. The van der Waals surface area contributed by atoms with Gasteiger partial charge in [0, 0.05) is 24.8 Å². The molecule has 2 rings (SSSR count). The third-order valence-electron chi connectivity index (χ3n) is 4.51. The average Bonchev–Trinajstić information content (AvgIpc) is 2.48. The standard InChI is InChI=1S/C16H24N2O3/c1-16(2,15(19)20)13-7-5-9-18(11-13)10-12-6-4-8-17-14(12)21-3/h4,6,8,13H,5,7,9-11H2,1-3H3,(H,19,20). The van der Waals surface area contributed by atoms with Crippen molar-refractivity contribution in [3.05, 3.63) is 23.9 Å². The lowest BCUT2D eigenvalue weighted by atomic mass is 9.74. The molecule has 1 N–H and O–H groups in total. The van der Waals surface area contributed by atoms with E-state index in [1.807, 2.05) is 26.0 Å². The number of carboxylic acid groups (broad SMARTS) is 1. The smallest absolute Gasteiger partial charge is 0.309 e. The summed E-state index contributed by atoms with van der Waals surface area (Å²) in [6.07, 6.45) is 3.72. The molecule has 1 aromatic heterocycles. The van der Waals surface area contributed by atoms with Crippen LogP contribution in [0.15, 0.2) is 18.3 Å². The van der Waals surface area contributed by atoms with E-state index in [0.29, 0.717) is 5.88 Å². The Labute approximate surface area is 125 Å². The first kappa shape index (κ1) is 15.8. The Bertz CT molecular complexity index is 502. The predicted octanol–water partition coefficient (Wildman–Crippen LogP) is 2.41. The zero-order valence-corrected chi connectivity index (χ0v) is 13.0. The van der Waals surface area contributed by atoms with E-state index in [4.69, 9.17) is 4.74 Å². The molecule has 1 fully saturated rings. The number of carboxylic acids is 1. The number of likely N-dealkylation sites (tertiary alicyclic amines) is 1. The van der Waals surface area contributed by atoms with Crippen molar-refractivity contribution in [1.82, 2.24) is 9.88 Å². The van der Waals surface area contributed by atoms with Crippen LogP contribution in [0.5, 0.6) is 5.88 Å². The number of rotatable bonds is 5. The number of piperidine rings is 1. The van der Waals surface area contributed by atoms with Crippen molar-refractivity contribution < 1.29 is 14.6 Å². The second kappa shape index (κ2) is 6.43. The van der Waals surface area contributed by atoms with Gasteiger partial charge in [-0.2, -0.15) is 0 Å². The first-order valence-corrected chi connectivity index (χ1v) is 7.38. The lowest BCUT2D eigenvalue weighted by Crippen LogP contribution is -2.44. The Morgan fingerprint density at radius 2 is 2.33 bits per heavy atom. The van der Waals surface area contributed by atoms with Crippen LogP contribution in [-0.2, 0) is 11.3 Å². The molecular weight excluding hydrogens is 268 g/mol. The third kappa shape index (κ3) is 3.53. The number of hydrogen-bond acceptors (Lipinski definition) is 4. The van der Waals surface area contributed by atoms with Gasteiger partial charge in [-0.3, -0.25) is 9.69 Å². The maximum atomic E-state index is 11.4. The van der Waals surface area contributed by atoms with Crippen molar-refractivity contribution >= 4 is 5.97 Å². The maximum Gasteiger partial charge on any atom is 0.309 e. The number of methoxy groups -OCH3 is 1. The second-order valence-corrected chi connectivity index (χ2v) is 6.27. The molecule has 1 saturated heterocycles. The van der Waals surface area contributed by atoms with E-state index in [-0.39, 0.29) is 5.92 Å². The van der Waals surface area contributed by atoms with Gasteiger partial charge in [0.1, 0.15) is 0 Å². The van der Waals surface area contributed by atoms with Crippen LogP contribution in [-0.4, -0.2) is 41.2 Å². The summed E-state index contributed by atoms with van der Waals surface area (Å²) in [6.45, 7) is 6.20. The molecule has 21 heavy (non-hydrogen) atoms. The van der Waals surface area contributed by atoms with Gasteiger partial charge in [0.25, 0.3) is 0 Å². The van der Waals surface area contributed by atoms with Gasteiger partial charge in [0.2, 0.25) is 5.88 Å². The molecule has 1 atom stereocenters. The number of hydrogen-bond donors (Lipinski definition) is 1. The summed E-state index contributed by atoms with van der Waals surface area (Å²) >= 11 is 0. The molecule has 116 valence electrons. The molecule has 0 bridgehead atoms. The molecule has 2 heterocycles. The summed E-state index contributed by atoms with van der Waals surface area (Å²) in [4.78, 5) is 18.0. The fourth-order valence-corrected chi connectivity index (χ4v) is 2.93. The van der Waals surface area contributed by atoms with Crippen molar-refractivity contribution in [2.24, 2.45) is 11.3 Å². The molecule has 0 aromatic carbocycles. The molecule has 0 amide bonds. The highest BCUT2D eigenvalue weighted by Crippen LogP contribution is 2.34. The molecule has 5 heteroatoms. The molecular formula is C16H24N2O3. The summed E-state index contributed by atoms with van der Waals surface area (Å²) in [5.41, 5.74) is 0.367. The van der Waals surface area contributed by atoms with Crippen LogP contribution >= 0.6 is 0 Å². The first-order valence-electron chi connectivity index (χ1n) is 7.38. The van der Waals surface area contributed by atoms with Crippen molar-refractivity contribution in [3.63, 3.8) is 0 Å². The fourth-order valence-electron chi connectivity index (χ4n) is 2.93. The number of carbonyl (C=O) groups is 1. The van der Waals surface area contributed by atoms with Crippen LogP contribution in [0.2, 0.25) is 0 Å². The van der Waals surface area contributed by atoms with E-state index < -0.39 is 11.4 Å². The Morgan fingerprint density at radius 1 is 1.57 bits per heavy atom. The third-order valence-corrected chi connectivity index (χ3v) is 4.51. The molecule has 0 spiro atoms. The number of ether oxygens (including phenoxy) is 1. The monoisotopic (exact) mass is 292 g/mol. The zero-order valence-electron chi connectivity index (χ0n) is 13.0. The van der Waals surface area contributed by atoms with Gasteiger partial charge in [0.15, 0.2) is 0 Å². The molecule has 1 aliphatic rings. The second-order valence-electron chi connectivity index (χ2n) is 6.27. The van der Waals surface area contributed by atoms with Gasteiger partial charge in [-0.25, -0.2) is 4.98 Å². The van der Waals surface area contributed by atoms with Crippen LogP contribution < -0.4 is 4.74 Å². The normalized spacial score (nSPS) is 20.2. The van der Waals surface area contributed by atoms with Crippen molar-refractivity contribution in [2.75, 3.05) is 20.2 Å². The quantitative estimate of drug-likeness (QED) is 0.903. The van der Waals surface area contributed by atoms with Crippen molar-refractivity contribution in [3.8, 4) is 5.88 Å². The molecule has 0 aliphatic carbocycles. The minimum atomic E-state index is -0.715. The SMILES string of the molecule is COc1ncccc1CN1CCCC(C(C)(C)C(=O)O)C1. The number of pyridine rings is 1. The highest BCUT2D eigenvalue weighted by atomic mass is 16.5. The predicted molar refractivity (Wildman–Crippen MR) is 80.2 cm³/mol. The summed E-state index contributed by atoms with van der Waals surface area (Å²) in [5.74, 6) is 0.108. The van der Waals surface area contributed by atoms with E-state index in [1.54, 1.807) is 13.3 Å². The molecule has 1 unspecified atom stereocenters. The van der Waals surface area contributed by atoms with Crippen molar-refractivity contribution in [1.29, 1.82) is 0 Å². The van der Waals surface area contributed by atoms with E-state index in [2.05, 4.69) is 9.88 Å². The van der Waals surface area contributed by atoms with Crippen LogP contribution in [0.25, 0.3) is 0 Å². The summed E-state index contributed by atoms with van der Waals surface area (Å²) in [7, 11) is 1.62. The summed E-state index contributed by atoms with van der Waals surface area (Å²) < 4.78 is 5.29. The largest absolute Gasteiger partial charge is 0.481 e. The summed E-state index contributed by atoms with van der Waals surface area (Å²) in [6, 6.07) is 3.91. The molecule has 1 aromatic rings. The van der Waals surface area contributed by atoms with Crippen LogP contribution in [0.1, 0.15) is 32.3 Å². The minimum absolute atomic E-state index is 0.173. The lowest BCUT2D eigenvalue weighted by Gasteiger charge is -2.39. The minimum Gasteiger partial charge on any atom is -0.481 e. The molecule has 1 aliphatic heterocycles. The first-order chi connectivity index (χ1) is 9.95. The van der Waals surface area contributed by atoms with E-state index in [1.165, 1.54) is 0 Å². The average molecular weight is 292 g/mol. The summed E-state index contributed by atoms with van der Waals surface area (Å²) in [5, 5.41) is 9.40. The van der Waals surface area contributed by atoms with Gasteiger partial charge in [0.05, 0.1) is 12.5 Å². The Kier molecular flexibility index (Phi) is 4.83. The van der Waals surface area contributed by atoms with Gasteiger partial charge in [-0.05, 0) is 45.2 Å². The molecule has 5 nitrogen and oxygen atoms in total.